The van der Waals surface area contributed by atoms with Crippen molar-refractivity contribution in [3.63, 3.8) is 0 Å². The summed E-state index contributed by atoms with van der Waals surface area (Å²) in [4.78, 5) is 2.45. The third kappa shape index (κ3) is 2.79. The van der Waals surface area contributed by atoms with Crippen LogP contribution < -0.4 is 5.32 Å². The molecule has 16 heavy (non-hydrogen) atoms. The van der Waals surface area contributed by atoms with Crippen molar-refractivity contribution in [2.24, 2.45) is 0 Å². The maximum Gasteiger partial charge on any atom is 0.0681 e. The molecule has 0 aliphatic carbocycles. The highest BCUT2D eigenvalue weighted by molar-refractivity contribution is 9.11. The summed E-state index contributed by atoms with van der Waals surface area (Å²) in [5.74, 6) is 0. The van der Waals surface area contributed by atoms with Crippen LogP contribution in [0.3, 0.4) is 0 Å². The normalized spacial score (nSPS) is 15.7. The quantitative estimate of drug-likeness (QED) is 0.881. The van der Waals surface area contributed by atoms with Gasteiger partial charge < -0.3 is 5.32 Å². The monoisotopic (exact) mass is 346 g/mol. The van der Waals surface area contributed by atoms with Gasteiger partial charge in [-0.15, -0.1) is 0 Å². The molecule has 0 fully saturated rings. The number of halogens is 2. The minimum Gasteiger partial charge on any atom is -0.371 e. The molecule has 0 bridgehead atoms. The van der Waals surface area contributed by atoms with Gasteiger partial charge in [0.2, 0.25) is 0 Å². The molecule has 1 aliphatic rings. The molecule has 0 aromatic heterocycles. The Hall–Kier alpha value is -0.0600. The van der Waals surface area contributed by atoms with E-state index in [4.69, 9.17) is 0 Å². The average molecular weight is 348 g/mol. The van der Waals surface area contributed by atoms with Gasteiger partial charge in [0.25, 0.3) is 0 Å². The maximum atomic E-state index is 3.59. The summed E-state index contributed by atoms with van der Waals surface area (Å²) in [6.07, 6.45) is 2.53. The molecule has 0 radical (unpaired) electrons. The van der Waals surface area contributed by atoms with E-state index in [-0.39, 0.29) is 0 Å². The van der Waals surface area contributed by atoms with Crippen molar-refractivity contribution in [3.8, 4) is 0 Å². The minimum absolute atomic E-state index is 0.952. The molecule has 0 atom stereocenters. The van der Waals surface area contributed by atoms with Gasteiger partial charge in [-0.3, -0.25) is 4.90 Å². The Labute approximate surface area is 114 Å². The zero-order chi connectivity index (χ0) is 11.5. The number of nitrogens with one attached hydrogen (secondary N) is 1. The Bertz CT molecular complexity index is 380. The Balaban J connectivity index is 2.13. The van der Waals surface area contributed by atoms with Crippen LogP contribution in [0.4, 0.5) is 5.69 Å². The summed E-state index contributed by atoms with van der Waals surface area (Å²) in [6, 6.07) is 4.29. The van der Waals surface area contributed by atoms with E-state index < -0.39 is 0 Å². The van der Waals surface area contributed by atoms with E-state index in [0.29, 0.717) is 0 Å². The van der Waals surface area contributed by atoms with E-state index in [1.54, 1.807) is 0 Å². The average Bonchev–Trinajstić information content (AvgIpc) is 2.25. The number of anilines is 1. The molecule has 0 unspecified atom stereocenters. The molecule has 0 spiro atoms. The van der Waals surface area contributed by atoms with Crippen LogP contribution in [-0.2, 0) is 6.54 Å². The van der Waals surface area contributed by atoms with Crippen LogP contribution in [-0.4, -0.2) is 18.1 Å². The van der Waals surface area contributed by atoms with Crippen molar-refractivity contribution >= 4 is 37.5 Å². The molecule has 0 saturated heterocycles. The van der Waals surface area contributed by atoms with Gasteiger partial charge in [0.1, 0.15) is 0 Å². The maximum absolute atomic E-state index is 3.59. The predicted molar refractivity (Wildman–Crippen MR) is 75.6 cm³/mol. The third-order valence-corrected chi connectivity index (χ3v) is 3.92. The van der Waals surface area contributed by atoms with Crippen LogP contribution in [0, 0.1) is 0 Å². The van der Waals surface area contributed by atoms with Gasteiger partial charge in [-0.1, -0.05) is 29.3 Å². The van der Waals surface area contributed by atoms with E-state index in [1.807, 2.05) is 0 Å². The van der Waals surface area contributed by atoms with Crippen molar-refractivity contribution in [2.45, 2.75) is 26.3 Å². The topological polar surface area (TPSA) is 15.3 Å². The van der Waals surface area contributed by atoms with E-state index in [2.05, 4.69) is 61.1 Å². The highest BCUT2D eigenvalue weighted by Gasteiger charge is 2.17. The molecule has 1 aromatic carbocycles. The van der Waals surface area contributed by atoms with Gasteiger partial charge in [0.05, 0.1) is 12.4 Å². The van der Waals surface area contributed by atoms with Crippen LogP contribution in [0.2, 0.25) is 0 Å². The van der Waals surface area contributed by atoms with Crippen LogP contribution in [0.15, 0.2) is 21.1 Å². The lowest BCUT2D eigenvalue weighted by molar-refractivity contribution is 0.271. The van der Waals surface area contributed by atoms with Crippen LogP contribution >= 0.6 is 31.9 Å². The van der Waals surface area contributed by atoms with Crippen molar-refractivity contribution < 1.29 is 0 Å². The molecular weight excluding hydrogens is 332 g/mol. The van der Waals surface area contributed by atoms with Crippen LogP contribution in [0.5, 0.6) is 0 Å². The summed E-state index contributed by atoms with van der Waals surface area (Å²) in [5.41, 5.74) is 2.61. The Kier molecular flexibility index (Phi) is 4.27. The van der Waals surface area contributed by atoms with Gasteiger partial charge >= 0.3 is 0 Å². The van der Waals surface area contributed by atoms with Crippen LogP contribution in [0.1, 0.15) is 25.3 Å². The summed E-state index contributed by atoms with van der Waals surface area (Å²) in [6.45, 7) is 5.40. The SMILES string of the molecule is CCCCN1CNc2c(Br)cc(Br)cc2C1. The largest absolute Gasteiger partial charge is 0.371 e. The summed E-state index contributed by atoms with van der Waals surface area (Å²) in [7, 11) is 0. The van der Waals surface area contributed by atoms with E-state index in [0.717, 1.165) is 22.2 Å². The van der Waals surface area contributed by atoms with Crippen molar-refractivity contribution in [3.05, 3.63) is 26.6 Å². The first-order valence-corrected chi connectivity index (χ1v) is 7.23. The van der Waals surface area contributed by atoms with Crippen LogP contribution in [0.25, 0.3) is 0 Å². The summed E-state index contributed by atoms with van der Waals surface area (Å²) >= 11 is 7.13. The molecule has 1 N–H and O–H groups in total. The molecule has 0 saturated carbocycles. The number of hydrogen-bond donors (Lipinski definition) is 1. The second kappa shape index (κ2) is 5.52. The van der Waals surface area contributed by atoms with Gasteiger partial charge in [-0.05, 0) is 40.0 Å². The Morgan fingerprint density at radius 3 is 2.94 bits per heavy atom. The van der Waals surface area contributed by atoms with Gasteiger partial charge in [-0.25, -0.2) is 0 Å². The molecule has 2 nitrogen and oxygen atoms in total. The summed E-state index contributed by atoms with van der Waals surface area (Å²) < 4.78 is 2.28. The summed E-state index contributed by atoms with van der Waals surface area (Å²) in [5, 5.41) is 3.48. The Morgan fingerprint density at radius 2 is 2.19 bits per heavy atom. The standard InChI is InChI=1S/C12H16Br2N2/c1-2-3-4-16-7-9-5-10(13)6-11(14)12(9)15-8-16/h5-6,15H,2-4,7-8H2,1H3. The number of rotatable bonds is 3. The zero-order valence-corrected chi connectivity index (χ0v) is 12.6. The fourth-order valence-electron chi connectivity index (χ4n) is 1.98. The molecule has 1 aromatic rings. The lowest BCUT2D eigenvalue weighted by atomic mass is 10.1. The van der Waals surface area contributed by atoms with Crippen molar-refractivity contribution in [2.75, 3.05) is 18.5 Å². The lowest BCUT2D eigenvalue weighted by Crippen LogP contribution is -2.34. The molecule has 1 aliphatic heterocycles. The molecule has 2 rings (SSSR count). The molecule has 4 heteroatoms. The number of benzene rings is 1. The first-order chi connectivity index (χ1) is 7.70. The first-order valence-electron chi connectivity index (χ1n) is 5.65. The molecule has 0 amide bonds. The fourth-order valence-corrected chi connectivity index (χ4v) is 3.43. The van der Waals surface area contributed by atoms with E-state index in [9.17, 15) is 0 Å². The number of unbranched alkanes of at least 4 members (excludes halogenated alkanes) is 1. The van der Waals surface area contributed by atoms with Crippen molar-refractivity contribution in [1.82, 2.24) is 4.90 Å². The highest BCUT2D eigenvalue weighted by Crippen LogP contribution is 2.33. The van der Waals surface area contributed by atoms with E-state index >= 15 is 0 Å². The molecule has 1 heterocycles. The lowest BCUT2D eigenvalue weighted by Gasteiger charge is -2.30. The third-order valence-electron chi connectivity index (χ3n) is 2.84. The minimum atomic E-state index is 0.952. The Morgan fingerprint density at radius 1 is 1.38 bits per heavy atom. The van der Waals surface area contributed by atoms with Gasteiger partial charge in [0, 0.05) is 22.0 Å². The molecular formula is C12H16Br2N2. The number of nitrogens with zero attached hydrogens (tertiary/aromatic N) is 1. The predicted octanol–water partition coefficient (Wildman–Crippen LogP) is 4.20. The van der Waals surface area contributed by atoms with E-state index in [1.165, 1.54) is 30.6 Å². The van der Waals surface area contributed by atoms with Crippen molar-refractivity contribution in [1.29, 1.82) is 0 Å². The molecule has 88 valence electrons. The number of fused-ring (bicyclic) bond motifs is 1. The smallest absolute Gasteiger partial charge is 0.0681 e. The van der Waals surface area contributed by atoms with Gasteiger partial charge in [0.15, 0.2) is 0 Å². The second-order valence-corrected chi connectivity index (χ2v) is 5.93. The highest BCUT2D eigenvalue weighted by atomic mass is 79.9. The second-order valence-electron chi connectivity index (χ2n) is 4.16. The zero-order valence-electron chi connectivity index (χ0n) is 9.39. The fraction of sp³-hybridized carbons (Fsp3) is 0.500. The number of hydrogen-bond acceptors (Lipinski definition) is 2. The first kappa shape index (κ1) is 12.4. The van der Waals surface area contributed by atoms with Gasteiger partial charge in [-0.2, -0.15) is 0 Å².